The molecule has 3 rings (SSSR count). The number of anilines is 1. The fourth-order valence-electron chi connectivity index (χ4n) is 1.71. The Hall–Kier alpha value is -2.26. The van der Waals surface area contributed by atoms with Crippen LogP contribution in [0.3, 0.4) is 0 Å². The van der Waals surface area contributed by atoms with Crippen LogP contribution in [0.15, 0.2) is 29.4 Å². The number of aromatic nitrogens is 5. The molecular weight excluding hydrogens is 316 g/mol. The highest BCUT2D eigenvalue weighted by Gasteiger charge is 2.18. The first-order chi connectivity index (χ1) is 9.86. The second-order valence-corrected chi connectivity index (χ2v) is 6.58. The van der Waals surface area contributed by atoms with E-state index in [0.29, 0.717) is 10.6 Å². The summed E-state index contributed by atoms with van der Waals surface area (Å²) in [5.74, 6) is 0.205. The summed E-state index contributed by atoms with van der Waals surface area (Å²) in [5, 5.41) is 4.21. The molecule has 2 heterocycles. The van der Waals surface area contributed by atoms with Crippen molar-refractivity contribution in [2.45, 2.75) is 5.16 Å². The van der Waals surface area contributed by atoms with Gasteiger partial charge in [0, 0.05) is 11.8 Å². The Balaban J connectivity index is 2.26. The molecule has 0 atom stereocenters. The Morgan fingerprint density at radius 3 is 2.57 bits per heavy atom. The molecule has 0 aliphatic carbocycles. The first-order valence-corrected chi connectivity index (χ1v) is 7.98. The number of nitrogens with two attached hydrogens (primary N) is 1. The highest BCUT2D eigenvalue weighted by Crippen LogP contribution is 2.25. The van der Waals surface area contributed by atoms with Crippen LogP contribution >= 0.6 is 11.6 Å². The average Bonchev–Trinajstić information content (AvgIpc) is 2.82. The van der Waals surface area contributed by atoms with Gasteiger partial charge in [0.2, 0.25) is 15.8 Å². The number of rotatable bonds is 2. The van der Waals surface area contributed by atoms with Crippen LogP contribution in [-0.4, -0.2) is 39.2 Å². The normalized spacial score (nSPS) is 11.9. The lowest BCUT2D eigenvalue weighted by molar-refractivity contribution is 0.592. The van der Waals surface area contributed by atoms with Crippen LogP contribution < -0.4 is 5.73 Å². The van der Waals surface area contributed by atoms with Gasteiger partial charge in [0.15, 0.2) is 5.82 Å². The minimum atomic E-state index is -3.59. The van der Waals surface area contributed by atoms with Gasteiger partial charge in [0.05, 0.1) is 5.02 Å². The van der Waals surface area contributed by atoms with E-state index in [1.54, 1.807) is 24.3 Å². The van der Waals surface area contributed by atoms with Crippen molar-refractivity contribution in [1.82, 2.24) is 24.6 Å². The van der Waals surface area contributed by atoms with Crippen molar-refractivity contribution in [3.63, 3.8) is 0 Å². The zero-order valence-corrected chi connectivity index (χ0v) is 12.3. The minimum absolute atomic E-state index is 0.0397. The van der Waals surface area contributed by atoms with Gasteiger partial charge in [0.25, 0.3) is 10.9 Å². The smallest absolute Gasteiger partial charge is 0.258 e. The van der Waals surface area contributed by atoms with Gasteiger partial charge >= 0.3 is 0 Å². The van der Waals surface area contributed by atoms with E-state index in [1.807, 2.05) is 0 Å². The molecule has 0 unspecified atom stereocenters. The molecule has 10 heteroatoms. The number of sulfone groups is 1. The van der Waals surface area contributed by atoms with Crippen LogP contribution in [0.5, 0.6) is 0 Å². The largest absolute Gasteiger partial charge is 0.368 e. The number of benzene rings is 1. The van der Waals surface area contributed by atoms with Crippen molar-refractivity contribution < 1.29 is 8.42 Å². The van der Waals surface area contributed by atoms with Crippen molar-refractivity contribution in [2.24, 2.45) is 0 Å². The first kappa shape index (κ1) is 13.7. The van der Waals surface area contributed by atoms with Gasteiger partial charge in [-0.25, -0.2) is 8.42 Å². The molecule has 0 radical (unpaired) electrons. The van der Waals surface area contributed by atoms with Gasteiger partial charge in [-0.2, -0.15) is 19.5 Å². The van der Waals surface area contributed by atoms with Gasteiger partial charge in [-0.15, -0.1) is 5.10 Å². The lowest BCUT2D eigenvalue weighted by Gasteiger charge is -1.99. The zero-order chi connectivity index (χ0) is 15.2. The third kappa shape index (κ3) is 2.41. The van der Waals surface area contributed by atoms with E-state index >= 15 is 0 Å². The molecule has 0 bridgehead atoms. The number of hydrogen-bond donors (Lipinski definition) is 1. The maximum absolute atomic E-state index is 11.5. The van der Waals surface area contributed by atoms with E-state index in [-0.39, 0.29) is 17.6 Å². The third-order valence-corrected chi connectivity index (χ3v) is 3.83. The molecule has 1 aromatic carbocycles. The van der Waals surface area contributed by atoms with Crippen LogP contribution in [0.4, 0.5) is 5.95 Å². The van der Waals surface area contributed by atoms with Crippen molar-refractivity contribution in [2.75, 3.05) is 12.0 Å². The molecule has 2 aromatic heterocycles. The van der Waals surface area contributed by atoms with E-state index < -0.39 is 15.0 Å². The lowest BCUT2D eigenvalue weighted by atomic mass is 10.2. The summed E-state index contributed by atoms with van der Waals surface area (Å²) >= 11 is 6.08. The Morgan fingerprint density at radius 2 is 1.90 bits per heavy atom. The number of nitrogen functional groups attached to an aromatic ring is 1. The number of fused-ring (bicyclic) bond motifs is 1. The maximum Gasteiger partial charge on any atom is 0.258 e. The second-order valence-electron chi connectivity index (χ2n) is 4.26. The summed E-state index contributed by atoms with van der Waals surface area (Å²) in [6.45, 7) is 0. The van der Waals surface area contributed by atoms with E-state index in [2.05, 4.69) is 20.1 Å². The van der Waals surface area contributed by atoms with Crippen LogP contribution in [-0.2, 0) is 9.84 Å². The molecule has 2 N–H and O–H groups in total. The second kappa shape index (κ2) is 4.64. The van der Waals surface area contributed by atoms with Gasteiger partial charge < -0.3 is 5.73 Å². The molecule has 0 spiro atoms. The van der Waals surface area contributed by atoms with Gasteiger partial charge in [-0.05, 0) is 12.1 Å². The molecule has 3 aromatic rings. The summed E-state index contributed by atoms with van der Waals surface area (Å²) in [4.78, 5) is 11.7. The van der Waals surface area contributed by atoms with Crippen LogP contribution in [0.2, 0.25) is 5.02 Å². The fourth-order valence-corrected chi connectivity index (χ4v) is 2.44. The fraction of sp³-hybridized carbons (Fsp3) is 0.0909. The molecule has 0 saturated carbocycles. The molecule has 0 aliphatic heterocycles. The van der Waals surface area contributed by atoms with Crippen LogP contribution in [0, 0.1) is 0 Å². The van der Waals surface area contributed by atoms with Crippen LogP contribution in [0.1, 0.15) is 0 Å². The summed E-state index contributed by atoms with van der Waals surface area (Å²) in [7, 11) is -3.59. The standard InChI is InChI=1S/C11H9ClN6O2S/c1-21(19,20)11-15-9(13)18-10(16-11)14-8(17-18)6-4-2-3-5-7(6)12/h2-5H,1H3,(H2,13,14,15,16,17). The van der Waals surface area contributed by atoms with Gasteiger partial charge in [-0.3, -0.25) is 0 Å². The predicted octanol–water partition coefficient (Wildman–Crippen LogP) is 0.825. The molecule has 8 nitrogen and oxygen atoms in total. The topological polar surface area (TPSA) is 116 Å². The molecule has 0 amide bonds. The van der Waals surface area contributed by atoms with Crippen molar-refractivity contribution in [3.05, 3.63) is 29.3 Å². The van der Waals surface area contributed by atoms with Gasteiger partial charge in [-0.1, -0.05) is 23.7 Å². The number of nitrogens with zero attached hydrogens (tertiary/aromatic N) is 5. The average molecular weight is 325 g/mol. The van der Waals surface area contributed by atoms with Crippen molar-refractivity contribution in [1.29, 1.82) is 0 Å². The Labute approximate surface area is 124 Å². The summed E-state index contributed by atoms with van der Waals surface area (Å²) in [5.41, 5.74) is 6.28. The Morgan fingerprint density at radius 1 is 1.19 bits per heavy atom. The van der Waals surface area contributed by atoms with E-state index in [1.165, 1.54) is 0 Å². The summed E-state index contributed by atoms with van der Waals surface area (Å²) in [6, 6.07) is 6.99. The van der Waals surface area contributed by atoms with E-state index in [0.717, 1.165) is 10.8 Å². The zero-order valence-electron chi connectivity index (χ0n) is 10.7. The molecule has 21 heavy (non-hydrogen) atoms. The third-order valence-electron chi connectivity index (χ3n) is 2.66. The number of halogens is 1. The van der Waals surface area contributed by atoms with Crippen LogP contribution in [0.25, 0.3) is 17.2 Å². The van der Waals surface area contributed by atoms with Crippen molar-refractivity contribution in [3.8, 4) is 11.4 Å². The number of hydrogen-bond acceptors (Lipinski definition) is 7. The lowest BCUT2D eigenvalue weighted by Crippen LogP contribution is -2.11. The molecule has 0 saturated heterocycles. The molecule has 0 aliphatic rings. The van der Waals surface area contributed by atoms with Gasteiger partial charge in [0.1, 0.15) is 0 Å². The van der Waals surface area contributed by atoms with E-state index in [4.69, 9.17) is 17.3 Å². The minimum Gasteiger partial charge on any atom is -0.368 e. The highest BCUT2D eigenvalue weighted by molar-refractivity contribution is 7.90. The highest BCUT2D eigenvalue weighted by atomic mass is 35.5. The monoisotopic (exact) mass is 324 g/mol. The molecule has 0 fully saturated rings. The Kier molecular flexibility index (Phi) is 3.03. The Bertz CT molecular complexity index is 953. The first-order valence-electron chi connectivity index (χ1n) is 5.71. The maximum atomic E-state index is 11.5. The summed E-state index contributed by atoms with van der Waals surface area (Å²) < 4.78 is 24.2. The molecule has 108 valence electrons. The van der Waals surface area contributed by atoms with E-state index in [9.17, 15) is 8.42 Å². The summed E-state index contributed by atoms with van der Waals surface area (Å²) in [6.07, 6.45) is 0.990. The SMILES string of the molecule is CS(=O)(=O)c1nc(N)n2nc(-c3ccccc3Cl)nc2n1. The van der Waals surface area contributed by atoms with Crippen molar-refractivity contribution >= 4 is 33.2 Å². The molecular formula is C11H9ClN6O2S. The predicted molar refractivity (Wildman–Crippen MR) is 76.5 cm³/mol. The quantitative estimate of drug-likeness (QED) is 0.741.